The van der Waals surface area contributed by atoms with Crippen LogP contribution in [0.5, 0.6) is 5.75 Å². The number of hydrogen-bond donors (Lipinski definition) is 0. The molecule has 3 rings (SSSR count). The molecule has 3 aromatic rings. The fourth-order valence-electron chi connectivity index (χ4n) is 2.57. The summed E-state index contributed by atoms with van der Waals surface area (Å²) in [7, 11) is 2.04. The fourth-order valence-corrected chi connectivity index (χ4v) is 2.57. The van der Waals surface area contributed by atoms with Gasteiger partial charge in [0.25, 0.3) is 0 Å². The molecule has 0 fully saturated rings. The molecule has 0 unspecified atom stereocenters. The molecule has 23 heavy (non-hydrogen) atoms. The van der Waals surface area contributed by atoms with Gasteiger partial charge in [-0.15, -0.1) is 0 Å². The minimum atomic E-state index is -0.317. The van der Waals surface area contributed by atoms with Gasteiger partial charge in [0.05, 0.1) is 0 Å². The monoisotopic (exact) mass is 304 g/mol. The first-order chi connectivity index (χ1) is 11.1. The number of pyridine rings is 1. The Bertz CT molecular complexity index is 897. The number of carbonyl (C=O) groups is 1. The smallest absolute Gasteiger partial charge is 0.308 e. The number of para-hydroxylation sites is 2. The third kappa shape index (κ3) is 3.29. The fraction of sp³-hybridized carbons (Fsp3) is 0.100. The zero-order valence-electron chi connectivity index (χ0n) is 13.2. The van der Waals surface area contributed by atoms with E-state index < -0.39 is 0 Å². The first-order valence-corrected chi connectivity index (χ1v) is 7.48. The minimum Gasteiger partial charge on any atom is -0.426 e. The van der Waals surface area contributed by atoms with Gasteiger partial charge < -0.3 is 4.74 Å². The molecule has 0 bridgehead atoms. The van der Waals surface area contributed by atoms with E-state index in [1.54, 1.807) is 6.07 Å². The molecule has 114 valence electrons. The van der Waals surface area contributed by atoms with Crippen molar-refractivity contribution in [3.8, 4) is 5.75 Å². The van der Waals surface area contributed by atoms with Crippen LogP contribution in [0.25, 0.3) is 23.1 Å². The van der Waals surface area contributed by atoms with Gasteiger partial charge in [-0.1, -0.05) is 30.3 Å². The van der Waals surface area contributed by atoms with Gasteiger partial charge >= 0.3 is 5.97 Å². The Morgan fingerprint density at radius 2 is 1.70 bits per heavy atom. The van der Waals surface area contributed by atoms with Gasteiger partial charge in [-0.25, -0.2) is 0 Å². The molecule has 0 aliphatic heterocycles. The molecule has 0 N–H and O–H groups in total. The van der Waals surface area contributed by atoms with Crippen LogP contribution in [0.2, 0.25) is 0 Å². The summed E-state index contributed by atoms with van der Waals surface area (Å²) in [5.41, 5.74) is 3.11. The highest BCUT2D eigenvalue weighted by Gasteiger charge is 2.09. The van der Waals surface area contributed by atoms with E-state index in [2.05, 4.69) is 28.8 Å². The Morgan fingerprint density at radius 1 is 0.957 bits per heavy atom. The zero-order chi connectivity index (χ0) is 16.2. The van der Waals surface area contributed by atoms with E-state index in [1.165, 1.54) is 17.8 Å². The number of aromatic nitrogens is 1. The van der Waals surface area contributed by atoms with Crippen LogP contribution in [-0.4, -0.2) is 5.97 Å². The number of carbonyl (C=O) groups excluding carboxylic acids is 1. The van der Waals surface area contributed by atoms with Gasteiger partial charge in [-0.2, -0.15) is 4.57 Å². The molecule has 3 nitrogen and oxygen atoms in total. The lowest BCUT2D eigenvalue weighted by molar-refractivity contribution is -0.646. The molecule has 0 amide bonds. The molecule has 2 aromatic carbocycles. The molecule has 1 heterocycles. The highest BCUT2D eigenvalue weighted by molar-refractivity contribution is 5.78. The van der Waals surface area contributed by atoms with Crippen molar-refractivity contribution in [3.05, 3.63) is 71.9 Å². The summed E-state index contributed by atoms with van der Waals surface area (Å²) in [5.74, 6) is 0.252. The molecular formula is C20H18NO2+. The normalized spacial score (nSPS) is 11.0. The maximum Gasteiger partial charge on any atom is 0.308 e. The second-order valence-electron chi connectivity index (χ2n) is 5.34. The van der Waals surface area contributed by atoms with E-state index in [1.807, 2.05) is 49.5 Å². The predicted octanol–water partition coefficient (Wildman–Crippen LogP) is 3.76. The number of fused-ring (bicyclic) bond motifs is 1. The highest BCUT2D eigenvalue weighted by atomic mass is 16.5. The van der Waals surface area contributed by atoms with E-state index in [4.69, 9.17) is 4.74 Å². The first kappa shape index (κ1) is 15.0. The molecular weight excluding hydrogens is 286 g/mol. The van der Waals surface area contributed by atoms with Crippen LogP contribution in [0, 0.1) is 0 Å². The lowest BCUT2D eigenvalue weighted by Gasteiger charge is -2.04. The molecule has 0 atom stereocenters. The Balaban J connectivity index is 1.98. The molecule has 1 aromatic heterocycles. The van der Waals surface area contributed by atoms with E-state index in [0.29, 0.717) is 5.75 Å². The van der Waals surface area contributed by atoms with Gasteiger partial charge in [-0.05, 0) is 24.3 Å². The minimum absolute atomic E-state index is 0.317. The standard InChI is InChI=1S/C20H18NO2/c1-15(22)23-20-10-6-4-8-17(20)12-14-18-13-11-16-7-3-5-9-19(16)21(18)2/h3-14H,1-2H3/q+1/b14-12+. The number of benzene rings is 2. The molecule has 0 aliphatic carbocycles. The van der Waals surface area contributed by atoms with E-state index in [9.17, 15) is 4.79 Å². The SMILES string of the molecule is CC(=O)Oc1ccccc1/C=C/c1ccc2ccccc2[n+]1C. The largest absolute Gasteiger partial charge is 0.426 e. The van der Waals surface area contributed by atoms with E-state index in [0.717, 1.165) is 11.3 Å². The average molecular weight is 304 g/mol. The molecule has 3 heteroatoms. The van der Waals surface area contributed by atoms with Gasteiger partial charge in [0, 0.05) is 36.1 Å². The number of ether oxygens (including phenoxy) is 1. The van der Waals surface area contributed by atoms with Crippen molar-refractivity contribution in [3.63, 3.8) is 0 Å². The number of nitrogens with zero attached hydrogens (tertiary/aromatic N) is 1. The van der Waals surface area contributed by atoms with Gasteiger partial charge in [0.15, 0.2) is 0 Å². The second kappa shape index (κ2) is 6.44. The molecule has 0 aliphatic rings. The maximum absolute atomic E-state index is 11.2. The van der Waals surface area contributed by atoms with Crippen molar-refractivity contribution < 1.29 is 14.1 Å². The van der Waals surface area contributed by atoms with Crippen molar-refractivity contribution in [1.82, 2.24) is 0 Å². The second-order valence-corrected chi connectivity index (χ2v) is 5.34. The Morgan fingerprint density at radius 3 is 2.52 bits per heavy atom. The molecule has 0 spiro atoms. The molecule has 0 saturated carbocycles. The van der Waals surface area contributed by atoms with Crippen LogP contribution in [0.4, 0.5) is 0 Å². The van der Waals surface area contributed by atoms with Gasteiger partial charge in [0.2, 0.25) is 11.2 Å². The summed E-state index contributed by atoms with van der Waals surface area (Å²) < 4.78 is 7.38. The number of aryl methyl sites for hydroxylation is 1. The molecule has 0 radical (unpaired) electrons. The number of hydrogen-bond acceptors (Lipinski definition) is 2. The Labute approximate surface area is 135 Å². The summed E-state index contributed by atoms with van der Waals surface area (Å²) in [6.45, 7) is 1.41. The van der Waals surface area contributed by atoms with E-state index in [-0.39, 0.29) is 5.97 Å². The van der Waals surface area contributed by atoms with Crippen LogP contribution >= 0.6 is 0 Å². The van der Waals surface area contributed by atoms with Crippen LogP contribution in [0.1, 0.15) is 18.2 Å². The van der Waals surface area contributed by atoms with Crippen LogP contribution in [0.15, 0.2) is 60.7 Å². The topological polar surface area (TPSA) is 30.2 Å². The lowest BCUT2D eigenvalue weighted by atomic mass is 10.1. The lowest BCUT2D eigenvalue weighted by Crippen LogP contribution is -2.32. The average Bonchev–Trinajstić information content (AvgIpc) is 2.55. The van der Waals surface area contributed by atoms with Crippen molar-refractivity contribution in [2.24, 2.45) is 7.05 Å². The third-order valence-corrected chi connectivity index (χ3v) is 3.73. The van der Waals surface area contributed by atoms with Gasteiger partial charge in [0.1, 0.15) is 12.8 Å². The highest BCUT2D eigenvalue weighted by Crippen LogP contribution is 2.21. The summed E-state index contributed by atoms with van der Waals surface area (Å²) >= 11 is 0. The molecule has 0 saturated heterocycles. The van der Waals surface area contributed by atoms with Crippen molar-refractivity contribution in [2.75, 3.05) is 0 Å². The van der Waals surface area contributed by atoms with E-state index >= 15 is 0 Å². The quantitative estimate of drug-likeness (QED) is 0.419. The first-order valence-electron chi connectivity index (χ1n) is 7.48. The van der Waals surface area contributed by atoms with Crippen LogP contribution < -0.4 is 9.30 Å². The van der Waals surface area contributed by atoms with Crippen molar-refractivity contribution >= 4 is 29.0 Å². The van der Waals surface area contributed by atoms with Crippen molar-refractivity contribution in [1.29, 1.82) is 0 Å². The maximum atomic E-state index is 11.2. The Hall–Kier alpha value is -2.94. The summed E-state index contributed by atoms with van der Waals surface area (Å²) in [6.07, 6.45) is 3.98. The summed E-state index contributed by atoms with van der Waals surface area (Å²) in [4.78, 5) is 11.2. The van der Waals surface area contributed by atoms with Crippen LogP contribution in [0.3, 0.4) is 0 Å². The van der Waals surface area contributed by atoms with Gasteiger partial charge in [-0.3, -0.25) is 4.79 Å². The predicted molar refractivity (Wildman–Crippen MR) is 91.8 cm³/mol. The zero-order valence-corrected chi connectivity index (χ0v) is 13.2. The summed E-state index contributed by atoms with van der Waals surface area (Å²) in [6, 6.07) is 19.9. The number of rotatable bonds is 3. The summed E-state index contributed by atoms with van der Waals surface area (Å²) in [5, 5.41) is 1.20. The van der Waals surface area contributed by atoms with Crippen LogP contribution in [-0.2, 0) is 11.8 Å². The Kier molecular flexibility index (Phi) is 4.20. The number of esters is 1. The third-order valence-electron chi connectivity index (χ3n) is 3.73. The van der Waals surface area contributed by atoms with Crippen molar-refractivity contribution in [2.45, 2.75) is 6.92 Å².